The summed E-state index contributed by atoms with van der Waals surface area (Å²) in [4.78, 5) is 14.8. The number of rotatable bonds is 6. The van der Waals surface area contributed by atoms with Gasteiger partial charge in [-0.25, -0.2) is 0 Å². The summed E-state index contributed by atoms with van der Waals surface area (Å²) in [5, 5.41) is 3.12. The van der Waals surface area contributed by atoms with Crippen molar-refractivity contribution in [1.82, 2.24) is 10.2 Å². The number of benzene rings is 1. The van der Waals surface area contributed by atoms with Gasteiger partial charge in [-0.2, -0.15) is 0 Å². The summed E-state index contributed by atoms with van der Waals surface area (Å²) in [5.41, 5.74) is 0.712. The summed E-state index contributed by atoms with van der Waals surface area (Å²) in [5.74, 6) is 0.809. The highest BCUT2D eigenvalue weighted by molar-refractivity contribution is 5.81. The highest BCUT2D eigenvalue weighted by Crippen LogP contribution is 2.23. The van der Waals surface area contributed by atoms with Gasteiger partial charge in [0.1, 0.15) is 11.9 Å². The third-order valence-corrected chi connectivity index (χ3v) is 4.18. The van der Waals surface area contributed by atoms with Crippen LogP contribution in [0.5, 0.6) is 5.75 Å². The minimum atomic E-state index is -0.388. The molecule has 5 heteroatoms. The van der Waals surface area contributed by atoms with Crippen LogP contribution in [0.3, 0.4) is 0 Å². The van der Waals surface area contributed by atoms with E-state index in [9.17, 15) is 4.79 Å². The zero-order valence-corrected chi connectivity index (χ0v) is 14.6. The zero-order chi connectivity index (χ0) is 16.9. The number of nitrogens with zero attached hydrogens (tertiary/aromatic N) is 1. The van der Waals surface area contributed by atoms with E-state index in [2.05, 4.69) is 17.1 Å². The van der Waals surface area contributed by atoms with Crippen LogP contribution in [0.15, 0.2) is 24.3 Å². The first-order valence-corrected chi connectivity index (χ1v) is 8.23. The van der Waals surface area contributed by atoms with E-state index in [1.54, 1.807) is 7.11 Å². The maximum absolute atomic E-state index is 12.5. The zero-order valence-electron chi connectivity index (χ0n) is 14.6. The van der Waals surface area contributed by atoms with Gasteiger partial charge in [-0.05, 0) is 38.4 Å². The van der Waals surface area contributed by atoms with E-state index in [-0.39, 0.29) is 17.6 Å². The molecule has 0 aliphatic carbocycles. The van der Waals surface area contributed by atoms with Gasteiger partial charge in [-0.15, -0.1) is 0 Å². The summed E-state index contributed by atoms with van der Waals surface area (Å²) in [6.45, 7) is 9.26. The van der Waals surface area contributed by atoms with E-state index in [0.29, 0.717) is 19.6 Å². The monoisotopic (exact) mass is 320 g/mol. The number of carbonyl (C=O) groups is 1. The van der Waals surface area contributed by atoms with Gasteiger partial charge >= 0.3 is 0 Å². The second-order valence-electron chi connectivity index (χ2n) is 6.61. The predicted octanol–water partition coefficient (Wildman–Crippen LogP) is 1.85. The third kappa shape index (κ3) is 4.94. The largest absolute Gasteiger partial charge is 0.496 e. The second kappa shape index (κ2) is 7.79. The van der Waals surface area contributed by atoms with Crippen molar-refractivity contribution in [3.05, 3.63) is 29.8 Å². The molecule has 1 aliphatic rings. The van der Waals surface area contributed by atoms with E-state index < -0.39 is 0 Å². The Kier molecular flexibility index (Phi) is 6.02. The smallest absolute Gasteiger partial charge is 0.250 e. The van der Waals surface area contributed by atoms with Crippen molar-refractivity contribution < 1.29 is 14.3 Å². The van der Waals surface area contributed by atoms with Crippen LogP contribution in [-0.2, 0) is 16.0 Å². The lowest BCUT2D eigenvalue weighted by molar-refractivity contribution is -0.140. The summed E-state index contributed by atoms with van der Waals surface area (Å²) in [6, 6.07) is 7.90. The number of morpholine rings is 1. The van der Waals surface area contributed by atoms with Gasteiger partial charge in [-0.3, -0.25) is 9.69 Å². The van der Waals surface area contributed by atoms with Crippen molar-refractivity contribution in [2.75, 3.05) is 33.4 Å². The molecule has 0 radical (unpaired) electrons. The molecule has 1 aliphatic heterocycles. The quantitative estimate of drug-likeness (QED) is 0.869. The van der Waals surface area contributed by atoms with Crippen molar-refractivity contribution in [2.24, 2.45) is 0 Å². The Labute approximate surface area is 139 Å². The Morgan fingerprint density at radius 3 is 2.87 bits per heavy atom. The van der Waals surface area contributed by atoms with Crippen LogP contribution in [0, 0.1) is 0 Å². The minimum Gasteiger partial charge on any atom is -0.496 e. The molecule has 0 spiro atoms. The summed E-state index contributed by atoms with van der Waals surface area (Å²) < 4.78 is 11.0. The molecule has 1 heterocycles. The van der Waals surface area contributed by atoms with Crippen molar-refractivity contribution in [3.63, 3.8) is 0 Å². The van der Waals surface area contributed by atoms with Gasteiger partial charge in [0.15, 0.2) is 0 Å². The van der Waals surface area contributed by atoms with Crippen LogP contribution < -0.4 is 10.1 Å². The average molecular weight is 320 g/mol. The van der Waals surface area contributed by atoms with E-state index in [0.717, 1.165) is 24.4 Å². The molecule has 1 fully saturated rings. The number of hydrogen-bond acceptors (Lipinski definition) is 4. The Morgan fingerprint density at radius 1 is 1.43 bits per heavy atom. The first kappa shape index (κ1) is 17.8. The summed E-state index contributed by atoms with van der Waals surface area (Å²) in [6.07, 6.45) is 0.313. The fourth-order valence-electron chi connectivity index (χ4n) is 2.93. The van der Waals surface area contributed by atoms with Crippen molar-refractivity contribution in [2.45, 2.75) is 38.8 Å². The molecule has 128 valence electrons. The number of carbonyl (C=O) groups excluding carboxylic acids is 1. The van der Waals surface area contributed by atoms with Crippen LogP contribution in [0.4, 0.5) is 0 Å². The Morgan fingerprint density at radius 2 is 2.17 bits per heavy atom. The predicted molar refractivity (Wildman–Crippen MR) is 90.8 cm³/mol. The molecule has 0 saturated carbocycles. The SMILES string of the molecule is CCN1CCO[C@@H](C(=O)NC(C)(C)Cc2ccccc2OC)C1. The number of para-hydroxylation sites is 1. The molecule has 23 heavy (non-hydrogen) atoms. The molecule has 1 amide bonds. The van der Waals surface area contributed by atoms with Gasteiger partial charge < -0.3 is 14.8 Å². The number of ether oxygens (including phenoxy) is 2. The Balaban J connectivity index is 1.98. The first-order valence-electron chi connectivity index (χ1n) is 8.23. The topological polar surface area (TPSA) is 50.8 Å². The number of methoxy groups -OCH3 is 1. The van der Waals surface area contributed by atoms with Crippen molar-refractivity contribution in [1.29, 1.82) is 0 Å². The summed E-state index contributed by atoms with van der Waals surface area (Å²) >= 11 is 0. The van der Waals surface area contributed by atoms with Gasteiger partial charge in [-0.1, -0.05) is 25.1 Å². The number of amides is 1. The third-order valence-electron chi connectivity index (χ3n) is 4.18. The molecule has 1 N–H and O–H groups in total. The van der Waals surface area contributed by atoms with Crippen LogP contribution in [0.1, 0.15) is 26.3 Å². The lowest BCUT2D eigenvalue weighted by atomic mass is 9.94. The molecular weight excluding hydrogens is 292 g/mol. The first-order chi connectivity index (χ1) is 10.9. The van der Waals surface area contributed by atoms with E-state index in [1.807, 2.05) is 38.1 Å². The normalized spacial score (nSPS) is 19.4. The molecule has 2 rings (SSSR count). The highest BCUT2D eigenvalue weighted by atomic mass is 16.5. The molecule has 1 saturated heterocycles. The van der Waals surface area contributed by atoms with Gasteiger partial charge in [0.05, 0.1) is 13.7 Å². The van der Waals surface area contributed by atoms with Crippen LogP contribution in [-0.4, -0.2) is 55.8 Å². The number of likely N-dealkylation sites (N-methyl/N-ethyl adjacent to an activating group) is 1. The van der Waals surface area contributed by atoms with Crippen LogP contribution in [0.25, 0.3) is 0 Å². The van der Waals surface area contributed by atoms with Crippen LogP contribution in [0.2, 0.25) is 0 Å². The molecular formula is C18H28N2O3. The van der Waals surface area contributed by atoms with Crippen LogP contribution >= 0.6 is 0 Å². The summed E-state index contributed by atoms with van der Waals surface area (Å²) in [7, 11) is 1.67. The minimum absolute atomic E-state index is 0.0388. The molecule has 1 atom stereocenters. The molecule has 0 bridgehead atoms. The molecule has 5 nitrogen and oxygen atoms in total. The van der Waals surface area contributed by atoms with Crippen molar-refractivity contribution in [3.8, 4) is 5.75 Å². The fourth-order valence-corrected chi connectivity index (χ4v) is 2.93. The number of nitrogens with one attached hydrogen (secondary N) is 1. The Hall–Kier alpha value is -1.59. The molecule has 0 unspecified atom stereocenters. The van der Waals surface area contributed by atoms with E-state index in [4.69, 9.17) is 9.47 Å². The fraction of sp³-hybridized carbons (Fsp3) is 0.611. The molecule has 0 aromatic heterocycles. The lowest BCUT2D eigenvalue weighted by Gasteiger charge is -2.34. The van der Waals surface area contributed by atoms with E-state index >= 15 is 0 Å². The second-order valence-corrected chi connectivity index (χ2v) is 6.61. The van der Waals surface area contributed by atoms with Gasteiger partial charge in [0.2, 0.25) is 0 Å². The molecule has 1 aromatic rings. The standard InChI is InChI=1S/C18H28N2O3/c1-5-20-10-11-23-16(13-20)17(21)19-18(2,3)12-14-8-6-7-9-15(14)22-4/h6-9,16H,5,10-13H2,1-4H3,(H,19,21)/t16-/m1/s1. The lowest BCUT2D eigenvalue weighted by Crippen LogP contribution is -2.55. The maximum Gasteiger partial charge on any atom is 0.250 e. The number of hydrogen-bond donors (Lipinski definition) is 1. The van der Waals surface area contributed by atoms with Gasteiger partial charge in [0.25, 0.3) is 5.91 Å². The molecule has 1 aromatic carbocycles. The van der Waals surface area contributed by atoms with E-state index in [1.165, 1.54) is 0 Å². The highest BCUT2D eigenvalue weighted by Gasteiger charge is 2.30. The maximum atomic E-state index is 12.5. The Bertz CT molecular complexity index is 531. The average Bonchev–Trinajstić information content (AvgIpc) is 2.54. The van der Waals surface area contributed by atoms with Gasteiger partial charge in [0, 0.05) is 18.6 Å². The van der Waals surface area contributed by atoms with Crippen molar-refractivity contribution >= 4 is 5.91 Å².